The zero-order chi connectivity index (χ0) is 15.6. The highest BCUT2D eigenvalue weighted by atomic mass is 16.5. The van der Waals surface area contributed by atoms with E-state index in [4.69, 9.17) is 4.74 Å². The van der Waals surface area contributed by atoms with E-state index in [9.17, 15) is 0 Å². The lowest BCUT2D eigenvalue weighted by Crippen LogP contribution is -2.27. The Kier molecular flexibility index (Phi) is 8.59. The van der Waals surface area contributed by atoms with Crippen LogP contribution in [0.2, 0.25) is 0 Å². The number of allylic oxidation sites excluding steroid dienone is 2. The lowest BCUT2D eigenvalue weighted by Gasteiger charge is -2.37. The van der Waals surface area contributed by atoms with E-state index in [-0.39, 0.29) is 0 Å². The molecule has 2 aliphatic rings. The first-order chi connectivity index (χ1) is 10.8. The molecule has 0 bridgehead atoms. The molecule has 22 heavy (non-hydrogen) atoms. The van der Waals surface area contributed by atoms with Crippen molar-refractivity contribution in [2.45, 2.75) is 84.5 Å². The molecule has 2 aliphatic carbocycles. The van der Waals surface area contributed by atoms with Crippen LogP contribution in [0.25, 0.3) is 0 Å². The van der Waals surface area contributed by atoms with Gasteiger partial charge in [-0.3, -0.25) is 0 Å². The van der Waals surface area contributed by atoms with E-state index in [1.54, 1.807) is 0 Å². The molecular formula is C21H38O. The molecule has 0 aromatic heterocycles. The predicted molar refractivity (Wildman–Crippen MR) is 96.1 cm³/mol. The highest BCUT2D eigenvalue weighted by Crippen LogP contribution is 2.42. The Labute approximate surface area is 138 Å². The number of hydrogen-bond acceptors (Lipinski definition) is 1. The zero-order valence-corrected chi connectivity index (χ0v) is 15.1. The monoisotopic (exact) mass is 306 g/mol. The Morgan fingerprint density at radius 3 is 2.00 bits per heavy atom. The van der Waals surface area contributed by atoms with E-state index in [0.717, 1.165) is 43.3 Å². The molecule has 0 radical (unpaired) electrons. The van der Waals surface area contributed by atoms with Crippen LogP contribution in [0.5, 0.6) is 0 Å². The zero-order valence-electron chi connectivity index (χ0n) is 15.1. The smallest absolute Gasteiger partial charge is 0.0494 e. The van der Waals surface area contributed by atoms with Crippen LogP contribution in [-0.4, -0.2) is 13.2 Å². The standard InChI is InChI=1S/C21H38O/c1-3-5-6-7-18-8-12-20(13-9-18)21-14-10-19(11-15-21)17-22-16-4-2/h3,5,18-21H,4,6-17H2,1-2H3/b5-3+/t18-,19?,20-,21?. The first kappa shape index (κ1) is 18.0. The van der Waals surface area contributed by atoms with Gasteiger partial charge in [-0.05, 0) is 88.4 Å². The van der Waals surface area contributed by atoms with Crippen LogP contribution in [0.3, 0.4) is 0 Å². The van der Waals surface area contributed by atoms with Crippen LogP contribution in [0.15, 0.2) is 12.2 Å². The molecule has 1 nitrogen and oxygen atoms in total. The quantitative estimate of drug-likeness (QED) is 0.373. The second-order valence-electron chi connectivity index (χ2n) is 7.78. The molecule has 0 saturated heterocycles. The Bertz CT molecular complexity index is 293. The molecule has 0 unspecified atom stereocenters. The first-order valence-corrected chi connectivity index (χ1v) is 10.0. The van der Waals surface area contributed by atoms with Gasteiger partial charge >= 0.3 is 0 Å². The van der Waals surface area contributed by atoms with Gasteiger partial charge in [0.25, 0.3) is 0 Å². The predicted octanol–water partition coefficient (Wildman–Crippen LogP) is 6.38. The van der Waals surface area contributed by atoms with Crippen molar-refractivity contribution in [2.24, 2.45) is 23.7 Å². The molecule has 0 amide bonds. The van der Waals surface area contributed by atoms with E-state index >= 15 is 0 Å². The van der Waals surface area contributed by atoms with Crippen LogP contribution in [0.4, 0.5) is 0 Å². The summed E-state index contributed by atoms with van der Waals surface area (Å²) in [6.07, 6.45) is 20.3. The average Bonchev–Trinajstić information content (AvgIpc) is 2.57. The second kappa shape index (κ2) is 10.5. The highest BCUT2D eigenvalue weighted by Gasteiger charge is 2.30. The van der Waals surface area contributed by atoms with Crippen LogP contribution >= 0.6 is 0 Å². The molecular weight excluding hydrogens is 268 g/mol. The van der Waals surface area contributed by atoms with Crippen molar-refractivity contribution in [1.82, 2.24) is 0 Å². The van der Waals surface area contributed by atoms with E-state index in [1.165, 1.54) is 64.2 Å². The third-order valence-corrected chi connectivity index (χ3v) is 6.13. The lowest BCUT2D eigenvalue weighted by molar-refractivity contribution is 0.0649. The summed E-state index contributed by atoms with van der Waals surface area (Å²) in [5.41, 5.74) is 0. The van der Waals surface area contributed by atoms with E-state index in [2.05, 4.69) is 26.0 Å². The molecule has 128 valence electrons. The Hall–Kier alpha value is -0.300. The third kappa shape index (κ3) is 6.07. The third-order valence-electron chi connectivity index (χ3n) is 6.13. The first-order valence-electron chi connectivity index (χ1n) is 10.0. The molecule has 0 N–H and O–H groups in total. The minimum Gasteiger partial charge on any atom is -0.381 e. The maximum absolute atomic E-state index is 5.76. The van der Waals surface area contributed by atoms with E-state index < -0.39 is 0 Å². The van der Waals surface area contributed by atoms with Gasteiger partial charge in [0.05, 0.1) is 0 Å². The summed E-state index contributed by atoms with van der Waals surface area (Å²) in [7, 11) is 0. The van der Waals surface area contributed by atoms with Crippen molar-refractivity contribution < 1.29 is 4.74 Å². The molecule has 2 fully saturated rings. The summed E-state index contributed by atoms with van der Waals surface area (Å²) in [6, 6.07) is 0. The minimum atomic E-state index is 0.861. The van der Waals surface area contributed by atoms with Gasteiger partial charge in [0, 0.05) is 13.2 Å². The van der Waals surface area contributed by atoms with E-state index in [0.29, 0.717) is 0 Å². The summed E-state index contributed by atoms with van der Waals surface area (Å²) >= 11 is 0. The van der Waals surface area contributed by atoms with Gasteiger partial charge in [-0.25, -0.2) is 0 Å². The van der Waals surface area contributed by atoms with Crippen LogP contribution < -0.4 is 0 Å². The van der Waals surface area contributed by atoms with Gasteiger partial charge < -0.3 is 4.74 Å². The minimum absolute atomic E-state index is 0.861. The van der Waals surface area contributed by atoms with Gasteiger partial charge in [-0.2, -0.15) is 0 Å². The second-order valence-corrected chi connectivity index (χ2v) is 7.78. The Morgan fingerprint density at radius 1 is 0.864 bits per heavy atom. The fraction of sp³-hybridized carbons (Fsp3) is 0.905. The highest BCUT2D eigenvalue weighted by molar-refractivity contribution is 4.84. The van der Waals surface area contributed by atoms with Gasteiger partial charge in [0.15, 0.2) is 0 Å². The molecule has 2 rings (SSSR count). The lowest BCUT2D eigenvalue weighted by atomic mass is 9.69. The van der Waals surface area contributed by atoms with Gasteiger partial charge in [0.2, 0.25) is 0 Å². The molecule has 0 heterocycles. The molecule has 0 atom stereocenters. The normalized spacial score (nSPS) is 33.4. The number of ether oxygens (including phenoxy) is 1. The number of hydrogen-bond donors (Lipinski definition) is 0. The Balaban J connectivity index is 1.60. The molecule has 2 saturated carbocycles. The van der Waals surface area contributed by atoms with Crippen LogP contribution in [0.1, 0.15) is 84.5 Å². The summed E-state index contributed by atoms with van der Waals surface area (Å²) in [5, 5.41) is 0. The van der Waals surface area contributed by atoms with Crippen molar-refractivity contribution in [3.63, 3.8) is 0 Å². The molecule has 0 spiro atoms. The van der Waals surface area contributed by atoms with Crippen molar-refractivity contribution >= 4 is 0 Å². The SMILES string of the molecule is C/C=C/CC[C@H]1CC[C@H](C2CCC(COCCC)CC2)CC1. The molecule has 1 heteroatoms. The summed E-state index contributed by atoms with van der Waals surface area (Å²) < 4.78 is 5.76. The molecule has 0 aromatic carbocycles. The van der Waals surface area contributed by atoms with Crippen molar-refractivity contribution in [1.29, 1.82) is 0 Å². The topological polar surface area (TPSA) is 9.23 Å². The molecule has 0 aliphatic heterocycles. The van der Waals surface area contributed by atoms with E-state index in [1.807, 2.05) is 0 Å². The summed E-state index contributed by atoms with van der Waals surface area (Å²) in [4.78, 5) is 0. The fourth-order valence-corrected chi connectivity index (χ4v) is 4.67. The van der Waals surface area contributed by atoms with Gasteiger partial charge in [-0.15, -0.1) is 0 Å². The fourth-order valence-electron chi connectivity index (χ4n) is 4.67. The largest absolute Gasteiger partial charge is 0.381 e. The van der Waals surface area contributed by atoms with Crippen molar-refractivity contribution in [3.8, 4) is 0 Å². The maximum atomic E-state index is 5.76. The van der Waals surface area contributed by atoms with Crippen molar-refractivity contribution in [2.75, 3.05) is 13.2 Å². The van der Waals surface area contributed by atoms with Gasteiger partial charge in [-0.1, -0.05) is 31.9 Å². The Morgan fingerprint density at radius 2 is 1.45 bits per heavy atom. The summed E-state index contributed by atoms with van der Waals surface area (Å²) in [5.74, 6) is 3.97. The maximum Gasteiger partial charge on any atom is 0.0494 e. The summed E-state index contributed by atoms with van der Waals surface area (Å²) in [6.45, 7) is 6.32. The van der Waals surface area contributed by atoms with Crippen LogP contribution in [-0.2, 0) is 4.74 Å². The molecule has 0 aromatic rings. The number of rotatable bonds is 8. The van der Waals surface area contributed by atoms with Gasteiger partial charge in [0.1, 0.15) is 0 Å². The van der Waals surface area contributed by atoms with Crippen molar-refractivity contribution in [3.05, 3.63) is 12.2 Å². The average molecular weight is 307 g/mol. The van der Waals surface area contributed by atoms with Crippen LogP contribution in [0, 0.1) is 23.7 Å².